The third kappa shape index (κ3) is 7.60. The minimum Gasteiger partial charge on any atom is -0.480 e. The van der Waals surface area contributed by atoms with E-state index in [0.29, 0.717) is 13.0 Å². The van der Waals surface area contributed by atoms with Crippen LogP contribution in [-0.2, 0) is 9.59 Å². The normalized spacial score (nSPS) is 11.6. The van der Waals surface area contributed by atoms with Crippen molar-refractivity contribution in [2.24, 2.45) is 0 Å². The van der Waals surface area contributed by atoms with Gasteiger partial charge in [-0.1, -0.05) is 26.7 Å². The SMILES string of the molecule is CCCC[C@H](NC(=O)N(C)CC(=O)NCCC)C(=O)O. The maximum absolute atomic E-state index is 11.8. The molecule has 0 bridgehead atoms. The van der Waals surface area contributed by atoms with E-state index in [2.05, 4.69) is 10.6 Å². The molecule has 0 aliphatic heterocycles. The lowest BCUT2D eigenvalue weighted by molar-refractivity contribution is -0.139. The van der Waals surface area contributed by atoms with Crippen molar-refractivity contribution in [2.75, 3.05) is 20.1 Å². The van der Waals surface area contributed by atoms with Gasteiger partial charge < -0.3 is 20.6 Å². The molecule has 3 amide bonds. The summed E-state index contributed by atoms with van der Waals surface area (Å²) in [6.07, 6.45) is 2.78. The van der Waals surface area contributed by atoms with Gasteiger partial charge in [0.15, 0.2) is 0 Å². The topological polar surface area (TPSA) is 98.7 Å². The summed E-state index contributed by atoms with van der Waals surface area (Å²) in [7, 11) is 1.46. The first kappa shape index (κ1) is 18.2. The molecule has 7 nitrogen and oxygen atoms in total. The number of carboxylic acids is 1. The molecule has 0 spiro atoms. The zero-order chi connectivity index (χ0) is 15.5. The monoisotopic (exact) mass is 287 g/mol. The Kier molecular flexibility index (Phi) is 9.15. The van der Waals surface area contributed by atoms with Gasteiger partial charge in [-0.3, -0.25) is 4.79 Å². The van der Waals surface area contributed by atoms with Crippen molar-refractivity contribution in [1.82, 2.24) is 15.5 Å². The summed E-state index contributed by atoms with van der Waals surface area (Å²) < 4.78 is 0. The van der Waals surface area contributed by atoms with E-state index < -0.39 is 18.0 Å². The highest BCUT2D eigenvalue weighted by Crippen LogP contribution is 2.01. The zero-order valence-electron chi connectivity index (χ0n) is 12.4. The van der Waals surface area contributed by atoms with Gasteiger partial charge in [0.05, 0.1) is 0 Å². The number of amides is 3. The number of carbonyl (C=O) groups is 3. The first-order valence-corrected chi connectivity index (χ1v) is 6.93. The molecular formula is C13H25N3O4. The summed E-state index contributed by atoms with van der Waals surface area (Å²) in [5, 5.41) is 14.1. The molecule has 1 atom stereocenters. The van der Waals surface area contributed by atoms with Gasteiger partial charge in [-0.15, -0.1) is 0 Å². The molecule has 7 heteroatoms. The fourth-order valence-corrected chi connectivity index (χ4v) is 1.53. The molecule has 116 valence electrons. The van der Waals surface area contributed by atoms with Crippen LogP contribution < -0.4 is 10.6 Å². The summed E-state index contributed by atoms with van der Waals surface area (Å²) in [5.41, 5.74) is 0. The number of aliphatic carboxylic acids is 1. The van der Waals surface area contributed by atoms with Crippen LogP contribution in [0.15, 0.2) is 0 Å². The van der Waals surface area contributed by atoms with Crippen LogP contribution >= 0.6 is 0 Å². The molecule has 0 rings (SSSR count). The highest BCUT2D eigenvalue weighted by molar-refractivity contribution is 5.86. The van der Waals surface area contributed by atoms with E-state index in [1.54, 1.807) is 0 Å². The Balaban J connectivity index is 4.27. The fraction of sp³-hybridized carbons (Fsp3) is 0.769. The van der Waals surface area contributed by atoms with E-state index in [1.165, 1.54) is 11.9 Å². The largest absolute Gasteiger partial charge is 0.480 e. The molecule has 0 heterocycles. The van der Waals surface area contributed by atoms with Crippen LogP contribution in [0.3, 0.4) is 0 Å². The lowest BCUT2D eigenvalue weighted by atomic mass is 10.1. The maximum Gasteiger partial charge on any atom is 0.326 e. The van der Waals surface area contributed by atoms with Gasteiger partial charge in [-0.05, 0) is 12.8 Å². The minimum atomic E-state index is -1.06. The summed E-state index contributed by atoms with van der Waals surface area (Å²) in [6, 6.07) is -1.47. The molecule has 0 saturated carbocycles. The molecule has 20 heavy (non-hydrogen) atoms. The average molecular weight is 287 g/mol. The lowest BCUT2D eigenvalue weighted by Crippen LogP contribution is -2.49. The smallest absolute Gasteiger partial charge is 0.326 e. The van der Waals surface area contributed by atoms with E-state index in [1.807, 2.05) is 13.8 Å². The number of nitrogens with one attached hydrogen (secondary N) is 2. The van der Waals surface area contributed by atoms with Crippen LogP contribution in [0.25, 0.3) is 0 Å². The Morgan fingerprint density at radius 1 is 1.20 bits per heavy atom. The summed E-state index contributed by atoms with van der Waals surface area (Å²) in [6.45, 7) is 4.35. The molecule has 0 saturated heterocycles. The number of likely N-dealkylation sites (N-methyl/N-ethyl adjacent to an activating group) is 1. The van der Waals surface area contributed by atoms with Gasteiger partial charge in [0.2, 0.25) is 5.91 Å². The van der Waals surface area contributed by atoms with Gasteiger partial charge in [0, 0.05) is 13.6 Å². The van der Waals surface area contributed by atoms with Crippen molar-refractivity contribution in [3.05, 3.63) is 0 Å². The quantitative estimate of drug-likeness (QED) is 0.584. The third-order valence-electron chi connectivity index (χ3n) is 2.74. The molecule has 0 aliphatic carbocycles. The van der Waals surface area contributed by atoms with Crippen LogP contribution in [-0.4, -0.2) is 54.1 Å². The number of carboxylic acid groups (broad SMARTS) is 1. The van der Waals surface area contributed by atoms with Crippen molar-refractivity contribution in [1.29, 1.82) is 0 Å². The number of hydrogen-bond acceptors (Lipinski definition) is 3. The summed E-state index contributed by atoms with van der Waals surface area (Å²) >= 11 is 0. The van der Waals surface area contributed by atoms with Crippen LogP contribution in [0.1, 0.15) is 39.5 Å². The van der Waals surface area contributed by atoms with Crippen molar-refractivity contribution in [3.8, 4) is 0 Å². The van der Waals surface area contributed by atoms with Crippen molar-refractivity contribution in [3.63, 3.8) is 0 Å². The van der Waals surface area contributed by atoms with Crippen molar-refractivity contribution >= 4 is 17.9 Å². The highest BCUT2D eigenvalue weighted by atomic mass is 16.4. The van der Waals surface area contributed by atoms with Crippen LogP contribution in [0, 0.1) is 0 Å². The van der Waals surface area contributed by atoms with Gasteiger partial charge in [0.1, 0.15) is 12.6 Å². The molecule has 0 aromatic carbocycles. The van der Waals surface area contributed by atoms with Gasteiger partial charge in [0.25, 0.3) is 0 Å². The second kappa shape index (κ2) is 10.1. The second-order valence-electron chi connectivity index (χ2n) is 4.69. The molecule has 0 aromatic rings. The molecule has 0 unspecified atom stereocenters. The van der Waals surface area contributed by atoms with E-state index in [0.717, 1.165) is 19.3 Å². The molecule has 3 N–H and O–H groups in total. The van der Waals surface area contributed by atoms with Crippen molar-refractivity contribution in [2.45, 2.75) is 45.6 Å². The van der Waals surface area contributed by atoms with E-state index in [4.69, 9.17) is 5.11 Å². The van der Waals surface area contributed by atoms with Crippen LogP contribution in [0.5, 0.6) is 0 Å². The van der Waals surface area contributed by atoms with Crippen molar-refractivity contribution < 1.29 is 19.5 Å². The molecule has 0 aromatic heterocycles. The maximum atomic E-state index is 11.8. The minimum absolute atomic E-state index is 0.0913. The van der Waals surface area contributed by atoms with Gasteiger partial charge >= 0.3 is 12.0 Å². The Hall–Kier alpha value is -1.79. The number of carbonyl (C=O) groups excluding carboxylic acids is 2. The number of unbranched alkanes of at least 4 members (excludes halogenated alkanes) is 1. The Morgan fingerprint density at radius 3 is 2.35 bits per heavy atom. The van der Waals surface area contributed by atoms with E-state index in [-0.39, 0.29) is 12.5 Å². The van der Waals surface area contributed by atoms with Crippen LogP contribution in [0.4, 0.5) is 4.79 Å². The standard InChI is InChI=1S/C13H25N3O4/c1-4-6-7-10(12(18)19)15-13(20)16(3)9-11(17)14-8-5-2/h10H,4-9H2,1-3H3,(H,14,17)(H,15,20)(H,18,19)/t10-/m0/s1. The Labute approximate surface area is 119 Å². The zero-order valence-corrected chi connectivity index (χ0v) is 12.4. The fourth-order valence-electron chi connectivity index (χ4n) is 1.53. The number of rotatable bonds is 9. The first-order chi connectivity index (χ1) is 9.42. The molecular weight excluding hydrogens is 262 g/mol. The van der Waals surface area contributed by atoms with E-state index >= 15 is 0 Å². The van der Waals surface area contributed by atoms with Gasteiger partial charge in [-0.25, -0.2) is 9.59 Å². The lowest BCUT2D eigenvalue weighted by Gasteiger charge is -2.21. The predicted molar refractivity (Wildman–Crippen MR) is 75.4 cm³/mol. The van der Waals surface area contributed by atoms with Crippen LogP contribution in [0.2, 0.25) is 0 Å². The molecule has 0 radical (unpaired) electrons. The first-order valence-electron chi connectivity index (χ1n) is 6.93. The average Bonchev–Trinajstić information content (AvgIpc) is 2.40. The third-order valence-corrected chi connectivity index (χ3v) is 2.74. The van der Waals surface area contributed by atoms with E-state index in [9.17, 15) is 14.4 Å². The second-order valence-corrected chi connectivity index (χ2v) is 4.69. The Morgan fingerprint density at radius 2 is 1.85 bits per heavy atom. The van der Waals surface area contributed by atoms with Gasteiger partial charge in [-0.2, -0.15) is 0 Å². The molecule has 0 aliphatic rings. The highest BCUT2D eigenvalue weighted by Gasteiger charge is 2.21. The number of hydrogen-bond donors (Lipinski definition) is 3. The number of urea groups is 1. The Bertz CT molecular complexity index is 334. The summed E-state index contributed by atoms with van der Waals surface area (Å²) in [4.78, 5) is 35.4. The number of nitrogens with zero attached hydrogens (tertiary/aromatic N) is 1. The predicted octanol–water partition coefficient (Wildman–Crippen LogP) is 0.797. The molecule has 0 fully saturated rings. The summed E-state index contributed by atoms with van der Waals surface area (Å²) in [5.74, 6) is -1.32.